The summed E-state index contributed by atoms with van der Waals surface area (Å²) in [5.74, 6) is -0.700. The first-order valence-corrected chi connectivity index (χ1v) is 10.1. The summed E-state index contributed by atoms with van der Waals surface area (Å²) in [7, 11) is 0. The summed E-state index contributed by atoms with van der Waals surface area (Å²) in [5.41, 5.74) is 6.13. The van der Waals surface area contributed by atoms with Crippen LogP contribution in [0.25, 0.3) is 11.4 Å². The third-order valence-corrected chi connectivity index (χ3v) is 5.88. The molecule has 0 bridgehead atoms. The molecule has 12 heteroatoms. The quantitative estimate of drug-likeness (QED) is 0.618. The Morgan fingerprint density at radius 2 is 2.19 bits per heavy atom. The standard InChI is InChI=1S/C20H17ClFN7O3/c21-11-3-4-13-17(18(11)22)20(32-19(31)25-13)5-7-28(10-20)16(30)9-29-15(23)8-14(27-29)12-2-1-6-24-26-12/h1-4,6,8H,5,7,9-10,23H2,(H,25,31)/t20-/m0/s1. The number of ether oxygens (including phenoxy) is 1. The van der Waals surface area contributed by atoms with Crippen LogP contribution in [0.5, 0.6) is 0 Å². The Hall–Kier alpha value is -3.73. The highest BCUT2D eigenvalue weighted by Crippen LogP contribution is 2.45. The van der Waals surface area contributed by atoms with Gasteiger partial charge >= 0.3 is 6.09 Å². The van der Waals surface area contributed by atoms with E-state index >= 15 is 0 Å². The summed E-state index contributed by atoms with van der Waals surface area (Å²) in [4.78, 5) is 26.6. The number of nitrogen functional groups attached to an aromatic ring is 1. The van der Waals surface area contributed by atoms with E-state index in [0.717, 1.165) is 0 Å². The molecule has 2 aromatic heterocycles. The molecule has 164 valence electrons. The molecule has 10 nitrogen and oxygen atoms in total. The summed E-state index contributed by atoms with van der Waals surface area (Å²) in [6.45, 7) is 0.108. The lowest BCUT2D eigenvalue weighted by Gasteiger charge is -2.35. The lowest BCUT2D eigenvalue weighted by atomic mass is 9.89. The normalized spacial score (nSPS) is 19.6. The summed E-state index contributed by atoms with van der Waals surface area (Å²) in [6.07, 6.45) is 1.06. The van der Waals surface area contributed by atoms with Crippen molar-refractivity contribution >= 4 is 35.1 Å². The van der Waals surface area contributed by atoms with Gasteiger partial charge in [0, 0.05) is 25.2 Å². The van der Waals surface area contributed by atoms with Crippen molar-refractivity contribution in [3.05, 3.63) is 52.9 Å². The maximum absolute atomic E-state index is 14.9. The first kappa shape index (κ1) is 20.2. The van der Waals surface area contributed by atoms with Crippen molar-refractivity contribution in [1.29, 1.82) is 0 Å². The molecule has 2 amide bonds. The van der Waals surface area contributed by atoms with Crippen LogP contribution < -0.4 is 11.1 Å². The Morgan fingerprint density at radius 3 is 2.97 bits per heavy atom. The lowest BCUT2D eigenvalue weighted by Crippen LogP contribution is -2.44. The summed E-state index contributed by atoms with van der Waals surface area (Å²) in [6, 6.07) is 7.93. The van der Waals surface area contributed by atoms with E-state index in [0.29, 0.717) is 11.4 Å². The van der Waals surface area contributed by atoms with Crippen molar-refractivity contribution < 1.29 is 18.7 Å². The van der Waals surface area contributed by atoms with Crippen molar-refractivity contribution in [3.63, 3.8) is 0 Å². The molecule has 2 aliphatic rings. The molecule has 1 atom stereocenters. The van der Waals surface area contributed by atoms with Gasteiger partial charge in [-0.05, 0) is 24.3 Å². The van der Waals surface area contributed by atoms with Crippen molar-refractivity contribution in [3.8, 4) is 11.4 Å². The van der Waals surface area contributed by atoms with Gasteiger partial charge < -0.3 is 15.4 Å². The Bertz CT molecular complexity index is 1240. The van der Waals surface area contributed by atoms with E-state index in [9.17, 15) is 14.0 Å². The van der Waals surface area contributed by atoms with Gasteiger partial charge in [0.05, 0.1) is 22.8 Å². The molecule has 0 radical (unpaired) electrons. The number of aromatic nitrogens is 4. The van der Waals surface area contributed by atoms with Crippen molar-refractivity contribution in [2.45, 2.75) is 18.6 Å². The number of anilines is 2. The summed E-state index contributed by atoms with van der Waals surface area (Å²) < 4.78 is 21.8. The topological polar surface area (TPSA) is 128 Å². The maximum Gasteiger partial charge on any atom is 0.412 e. The van der Waals surface area contributed by atoms with Gasteiger partial charge in [-0.1, -0.05) is 11.6 Å². The van der Waals surface area contributed by atoms with E-state index in [-0.39, 0.29) is 54.1 Å². The van der Waals surface area contributed by atoms with Gasteiger partial charge in [-0.15, -0.1) is 5.10 Å². The van der Waals surface area contributed by atoms with Crippen molar-refractivity contribution in [2.75, 3.05) is 24.1 Å². The smallest absolute Gasteiger partial charge is 0.412 e. The van der Waals surface area contributed by atoms with Crippen LogP contribution in [0.3, 0.4) is 0 Å². The average Bonchev–Trinajstić information content (AvgIpc) is 3.35. The highest BCUT2D eigenvalue weighted by atomic mass is 35.5. The molecule has 3 aromatic rings. The van der Waals surface area contributed by atoms with E-state index in [1.165, 1.54) is 21.7 Å². The van der Waals surface area contributed by atoms with Crippen LogP contribution in [0.2, 0.25) is 5.02 Å². The van der Waals surface area contributed by atoms with Crippen LogP contribution in [0.15, 0.2) is 36.5 Å². The summed E-state index contributed by atoms with van der Waals surface area (Å²) in [5, 5.41) is 14.5. The third-order valence-electron chi connectivity index (χ3n) is 5.59. The Morgan fingerprint density at radius 1 is 1.34 bits per heavy atom. The second kappa shape index (κ2) is 7.45. The number of nitrogens with one attached hydrogen (secondary N) is 1. The second-order valence-electron chi connectivity index (χ2n) is 7.58. The molecule has 1 aromatic carbocycles. The fraction of sp³-hybridized carbons (Fsp3) is 0.250. The Balaban J connectivity index is 1.38. The van der Waals surface area contributed by atoms with E-state index < -0.39 is 17.5 Å². The SMILES string of the molecule is Nc1cc(-c2cccnn2)nn1CC(=O)N1CC[C@@]2(C1)OC(=O)Nc1ccc(Cl)c(F)c12. The van der Waals surface area contributed by atoms with Gasteiger partial charge in [-0.25, -0.2) is 13.9 Å². The Labute approximate surface area is 186 Å². The second-order valence-corrected chi connectivity index (χ2v) is 7.99. The molecule has 3 N–H and O–H groups in total. The third kappa shape index (κ3) is 3.30. The zero-order valence-corrected chi connectivity index (χ0v) is 17.3. The van der Waals surface area contributed by atoms with Crippen molar-refractivity contribution in [2.24, 2.45) is 0 Å². The molecule has 1 saturated heterocycles. The predicted octanol–water partition coefficient (Wildman–Crippen LogP) is 2.40. The van der Waals surface area contributed by atoms with E-state index in [2.05, 4.69) is 20.6 Å². The molecule has 5 rings (SSSR count). The zero-order chi connectivity index (χ0) is 22.5. The lowest BCUT2D eigenvalue weighted by molar-refractivity contribution is -0.132. The fourth-order valence-electron chi connectivity index (χ4n) is 4.10. The van der Waals surface area contributed by atoms with Gasteiger partial charge in [-0.3, -0.25) is 10.1 Å². The van der Waals surface area contributed by atoms with Crippen LogP contribution in [-0.4, -0.2) is 50.0 Å². The van der Waals surface area contributed by atoms with Gasteiger partial charge in [-0.2, -0.15) is 10.2 Å². The van der Waals surface area contributed by atoms with Gasteiger partial charge in [0.25, 0.3) is 0 Å². The number of fused-ring (bicyclic) bond motifs is 2. The Kier molecular flexibility index (Phi) is 4.70. The molecular formula is C20H17ClFN7O3. The highest BCUT2D eigenvalue weighted by Gasteiger charge is 2.50. The molecule has 0 saturated carbocycles. The number of likely N-dealkylation sites (tertiary alicyclic amines) is 1. The minimum atomic E-state index is -1.32. The maximum atomic E-state index is 14.9. The van der Waals surface area contributed by atoms with Crippen molar-refractivity contribution in [1.82, 2.24) is 24.9 Å². The number of halogens is 2. The first-order chi connectivity index (χ1) is 15.4. The number of carbonyl (C=O) groups is 2. The minimum absolute atomic E-state index is 0.0122. The fourth-order valence-corrected chi connectivity index (χ4v) is 4.25. The average molecular weight is 458 g/mol. The number of hydrogen-bond donors (Lipinski definition) is 2. The van der Waals surface area contributed by atoms with E-state index in [1.807, 2.05) is 0 Å². The first-order valence-electron chi connectivity index (χ1n) is 9.74. The molecule has 32 heavy (non-hydrogen) atoms. The predicted molar refractivity (Wildman–Crippen MR) is 112 cm³/mol. The number of nitrogens with zero attached hydrogens (tertiary/aromatic N) is 5. The molecular weight excluding hydrogens is 441 g/mol. The number of carbonyl (C=O) groups excluding carboxylic acids is 2. The number of hydrogen-bond acceptors (Lipinski definition) is 7. The number of nitrogens with two attached hydrogens (primary N) is 1. The molecule has 0 aliphatic carbocycles. The monoisotopic (exact) mass is 457 g/mol. The minimum Gasteiger partial charge on any atom is -0.436 e. The molecule has 2 aliphatic heterocycles. The molecule has 1 fully saturated rings. The van der Waals surface area contributed by atoms with Gasteiger partial charge in [0.1, 0.15) is 23.8 Å². The molecule has 1 spiro atoms. The van der Waals surface area contributed by atoms with Crippen LogP contribution in [0.4, 0.5) is 20.7 Å². The van der Waals surface area contributed by atoms with Gasteiger partial charge in [0.2, 0.25) is 5.91 Å². The number of rotatable bonds is 3. The molecule has 0 unspecified atom stereocenters. The number of benzene rings is 1. The van der Waals surface area contributed by atoms with Crippen LogP contribution >= 0.6 is 11.6 Å². The molecule has 4 heterocycles. The zero-order valence-electron chi connectivity index (χ0n) is 16.6. The summed E-state index contributed by atoms with van der Waals surface area (Å²) >= 11 is 5.96. The highest BCUT2D eigenvalue weighted by molar-refractivity contribution is 6.31. The van der Waals surface area contributed by atoms with Gasteiger partial charge in [0.15, 0.2) is 11.4 Å². The van der Waals surface area contributed by atoms with E-state index in [4.69, 9.17) is 22.1 Å². The van der Waals surface area contributed by atoms with Crippen LogP contribution in [0.1, 0.15) is 12.0 Å². The van der Waals surface area contributed by atoms with E-state index in [1.54, 1.807) is 24.4 Å². The number of amides is 2. The van der Waals surface area contributed by atoms with Crippen LogP contribution in [-0.2, 0) is 21.7 Å². The van der Waals surface area contributed by atoms with Crippen LogP contribution in [0, 0.1) is 5.82 Å². The largest absolute Gasteiger partial charge is 0.436 e.